The number of piperazine rings is 1. The van der Waals surface area contributed by atoms with Gasteiger partial charge in [0.05, 0.1) is 18.2 Å². The zero-order valence-electron chi connectivity index (χ0n) is 19.8. The second kappa shape index (κ2) is 8.34. The number of hydrogen-bond donors (Lipinski definition) is 0. The summed E-state index contributed by atoms with van der Waals surface area (Å²) >= 11 is 0. The van der Waals surface area contributed by atoms with E-state index < -0.39 is 0 Å². The highest BCUT2D eigenvalue weighted by molar-refractivity contribution is 5.86. The quantitative estimate of drug-likeness (QED) is 0.646. The standard InChI is InChI=1S/C27H33FN4O2/c1-16(26(33)31-21(13-29)10-19-11-23(19)31)14-30-15-22-12-24(30)27(34)32(22)25(17-4-2-3-5-17)18-6-8-20(28)9-7-18/h6-9,16-17,19,21-25H,2-5,10-12,14-15H2,1H3/t16-,19+,21-,22-,23?,24-,25-/m0/s1. The van der Waals surface area contributed by atoms with E-state index in [-0.39, 0.29) is 53.8 Å². The van der Waals surface area contributed by atoms with Crippen molar-refractivity contribution in [3.8, 4) is 6.07 Å². The minimum Gasteiger partial charge on any atom is -0.330 e. The molecule has 5 fully saturated rings. The molecule has 2 amide bonds. The number of rotatable bonds is 6. The van der Waals surface area contributed by atoms with Crippen LogP contribution in [0.1, 0.15) is 63.5 Å². The second-order valence-electron chi connectivity index (χ2n) is 11.2. The summed E-state index contributed by atoms with van der Waals surface area (Å²) in [6, 6.07) is 8.98. The molecule has 1 unspecified atom stereocenters. The number of nitrogens with zero attached hydrogens (tertiary/aromatic N) is 4. The molecule has 2 saturated carbocycles. The summed E-state index contributed by atoms with van der Waals surface area (Å²) in [6.07, 6.45) is 7.24. The van der Waals surface area contributed by atoms with Crippen molar-refractivity contribution in [3.05, 3.63) is 35.6 Å². The lowest BCUT2D eigenvalue weighted by Crippen LogP contribution is -2.54. The molecule has 7 heteroatoms. The maximum atomic E-state index is 13.7. The molecule has 0 aromatic heterocycles. The average molecular weight is 465 g/mol. The fourth-order valence-electron chi connectivity index (χ4n) is 7.42. The van der Waals surface area contributed by atoms with Gasteiger partial charge in [-0.2, -0.15) is 5.26 Å². The molecule has 1 aromatic rings. The molecule has 6 rings (SSSR count). The summed E-state index contributed by atoms with van der Waals surface area (Å²) < 4.78 is 13.6. The minimum absolute atomic E-state index is 0.0135. The Balaban J connectivity index is 1.16. The van der Waals surface area contributed by atoms with Gasteiger partial charge in [-0.3, -0.25) is 14.5 Å². The summed E-state index contributed by atoms with van der Waals surface area (Å²) in [5.41, 5.74) is 1.04. The molecule has 7 atom stereocenters. The van der Waals surface area contributed by atoms with Gasteiger partial charge in [-0.1, -0.05) is 31.9 Å². The van der Waals surface area contributed by atoms with Crippen molar-refractivity contribution in [2.75, 3.05) is 13.1 Å². The summed E-state index contributed by atoms with van der Waals surface area (Å²) in [6.45, 7) is 3.29. The zero-order chi connectivity index (χ0) is 23.6. The van der Waals surface area contributed by atoms with Crippen LogP contribution in [0.3, 0.4) is 0 Å². The fourth-order valence-corrected chi connectivity index (χ4v) is 7.42. The average Bonchev–Trinajstić information content (AvgIpc) is 3.25. The normalized spacial score (nSPS) is 34.4. The Morgan fingerprint density at radius 2 is 1.91 bits per heavy atom. The first-order chi connectivity index (χ1) is 16.5. The third-order valence-corrected chi connectivity index (χ3v) is 9.11. The van der Waals surface area contributed by atoms with Gasteiger partial charge in [0.15, 0.2) is 0 Å². The first-order valence-corrected chi connectivity index (χ1v) is 13.0. The van der Waals surface area contributed by atoms with Crippen LogP contribution in [0.25, 0.3) is 0 Å². The molecule has 5 aliphatic rings. The predicted molar refractivity (Wildman–Crippen MR) is 124 cm³/mol. The van der Waals surface area contributed by atoms with Crippen LogP contribution in [-0.4, -0.2) is 63.8 Å². The SMILES string of the molecule is C[C@@H](CN1C[C@@H]2C[C@H]1C(=O)N2[C@H](c1ccc(F)cc1)C1CCCC1)C(=O)N1C2C[C@H]2C[C@H]1C#N. The number of amides is 2. The molecule has 34 heavy (non-hydrogen) atoms. The number of piperidine rings is 1. The van der Waals surface area contributed by atoms with E-state index in [4.69, 9.17) is 0 Å². The van der Waals surface area contributed by atoms with Crippen LogP contribution < -0.4 is 0 Å². The Morgan fingerprint density at radius 3 is 2.59 bits per heavy atom. The van der Waals surface area contributed by atoms with Crippen molar-refractivity contribution in [1.29, 1.82) is 5.26 Å². The van der Waals surface area contributed by atoms with E-state index in [2.05, 4.69) is 15.9 Å². The third kappa shape index (κ3) is 3.53. The first kappa shape index (κ1) is 22.0. The maximum absolute atomic E-state index is 13.7. The van der Waals surface area contributed by atoms with Gasteiger partial charge in [0, 0.05) is 31.1 Å². The monoisotopic (exact) mass is 464 g/mol. The number of hydrogen-bond acceptors (Lipinski definition) is 4. The maximum Gasteiger partial charge on any atom is 0.240 e. The van der Waals surface area contributed by atoms with E-state index in [1.54, 1.807) is 0 Å². The van der Waals surface area contributed by atoms with Gasteiger partial charge >= 0.3 is 0 Å². The second-order valence-corrected chi connectivity index (χ2v) is 11.2. The largest absolute Gasteiger partial charge is 0.330 e. The van der Waals surface area contributed by atoms with Crippen LogP contribution in [0.5, 0.6) is 0 Å². The lowest BCUT2D eigenvalue weighted by molar-refractivity contribution is -0.143. The fraction of sp³-hybridized carbons (Fsp3) is 0.667. The molecule has 180 valence electrons. The highest BCUT2D eigenvalue weighted by Crippen LogP contribution is 2.49. The van der Waals surface area contributed by atoms with Crippen molar-refractivity contribution < 1.29 is 14.0 Å². The molecular formula is C27H33FN4O2. The molecule has 3 saturated heterocycles. The van der Waals surface area contributed by atoms with Gasteiger partial charge in [0.2, 0.25) is 11.8 Å². The highest BCUT2D eigenvalue weighted by Gasteiger charge is 2.56. The third-order valence-electron chi connectivity index (χ3n) is 9.11. The lowest BCUT2D eigenvalue weighted by Gasteiger charge is -2.42. The summed E-state index contributed by atoms with van der Waals surface area (Å²) in [4.78, 5) is 33.0. The van der Waals surface area contributed by atoms with Crippen molar-refractivity contribution in [2.24, 2.45) is 17.8 Å². The van der Waals surface area contributed by atoms with Crippen molar-refractivity contribution in [2.45, 2.75) is 82.1 Å². The van der Waals surface area contributed by atoms with Gasteiger partial charge in [-0.15, -0.1) is 0 Å². The molecule has 0 spiro atoms. The Hall–Kier alpha value is -2.46. The molecule has 0 N–H and O–H groups in total. The summed E-state index contributed by atoms with van der Waals surface area (Å²) in [5.74, 6) is 0.694. The smallest absolute Gasteiger partial charge is 0.240 e. The summed E-state index contributed by atoms with van der Waals surface area (Å²) in [5, 5.41) is 9.47. The van der Waals surface area contributed by atoms with Crippen molar-refractivity contribution in [3.63, 3.8) is 0 Å². The predicted octanol–water partition coefficient (Wildman–Crippen LogP) is 3.49. The molecule has 3 heterocycles. The number of carbonyl (C=O) groups excluding carboxylic acids is 2. The highest BCUT2D eigenvalue weighted by atomic mass is 19.1. The number of carbonyl (C=O) groups is 2. The number of nitriles is 1. The van der Waals surface area contributed by atoms with Crippen molar-refractivity contribution in [1.82, 2.24) is 14.7 Å². The number of benzene rings is 1. The van der Waals surface area contributed by atoms with Crippen LogP contribution in [0.15, 0.2) is 24.3 Å². The van der Waals surface area contributed by atoms with Crippen LogP contribution in [0, 0.1) is 34.9 Å². The van der Waals surface area contributed by atoms with E-state index in [9.17, 15) is 19.2 Å². The van der Waals surface area contributed by atoms with Crippen molar-refractivity contribution >= 4 is 11.8 Å². The van der Waals surface area contributed by atoms with Gasteiger partial charge in [0.1, 0.15) is 11.9 Å². The van der Waals surface area contributed by atoms with Gasteiger partial charge < -0.3 is 9.80 Å². The Kier molecular flexibility index (Phi) is 5.40. The Labute approximate surface area is 200 Å². The molecule has 2 bridgehead atoms. The number of halogens is 1. The summed E-state index contributed by atoms with van der Waals surface area (Å²) in [7, 11) is 0. The van der Waals surface area contributed by atoms with E-state index in [0.29, 0.717) is 18.4 Å². The number of likely N-dealkylation sites (tertiary alicyclic amines) is 3. The van der Waals surface area contributed by atoms with Gasteiger partial charge in [-0.25, -0.2) is 4.39 Å². The topological polar surface area (TPSA) is 67.7 Å². The van der Waals surface area contributed by atoms with E-state index >= 15 is 0 Å². The van der Waals surface area contributed by atoms with Gasteiger partial charge in [-0.05, 0) is 61.6 Å². The lowest BCUT2D eigenvalue weighted by atomic mass is 9.89. The first-order valence-electron chi connectivity index (χ1n) is 13.0. The Morgan fingerprint density at radius 1 is 1.18 bits per heavy atom. The van der Waals surface area contributed by atoms with Crippen LogP contribution >= 0.6 is 0 Å². The molecular weight excluding hydrogens is 431 g/mol. The van der Waals surface area contributed by atoms with E-state index in [1.807, 2.05) is 24.0 Å². The van der Waals surface area contributed by atoms with Crippen LogP contribution in [-0.2, 0) is 9.59 Å². The molecule has 1 aromatic carbocycles. The number of fused-ring (bicyclic) bond motifs is 3. The Bertz CT molecular complexity index is 1020. The zero-order valence-corrected chi connectivity index (χ0v) is 19.8. The molecule has 2 aliphatic carbocycles. The molecule has 6 nitrogen and oxygen atoms in total. The minimum atomic E-state index is -0.284. The van der Waals surface area contributed by atoms with Crippen LogP contribution in [0.2, 0.25) is 0 Å². The van der Waals surface area contributed by atoms with E-state index in [1.165, 1.54) is 25.0 Å². The molecule has 3 aliphatic heterocycles. The van der Waals surface area contributed by atoms with Gasteiger partial charge in [0.25, 0.3) is 0 Å². The van der Waals surface area contributed by atoms with E-state index in [0.717, 1.165) is 44.2 Å². The van der Waals surface area contributed by atoms with Crippen LogP contribution in [0.4, 0.5) is 4.39 Å². The molecule has 0 radical (unpaired) electrons.